The molecular weight excluding hydrogens is 574 g/mol. The molecule has 1 unspecified atom stereocenters. The van der Waals surface area contributed by atoms with Gasteiger partial charge in [0, 0.05) is 23.7 Å². The molecule has 0 amide bonds. The molecule has 0 heterocycles. The van der Waals surface area contributed by atoms with Gasteiger partial charge in [0.15, 0.2) is 0 Å². The van der Waals surface area contributed by atoms with Crippen molar-refractivity contribution in [3.8, 4) is 16.9 Å². The van der Waals surface area contributed by atoms with Gasteiger partial charge >= 0.3 is 0 Å². The smallest absolute Gasteiger partial charge is 0.119 e. The molecule has 0 radical (unpaired) electrons. The molecule has 0 N–H and O–H groups in total. The van der Waals surface area contributed by atoms with Gasteiger partial charge in [-0.05, 0) is 102 Å². The van der Waals surface area contributed by atoms with Crippen LogP contribution in [0, 0.1) is 0 Å². The summed E-state index contributed by atoms with van der Waals surface area (Å²) in [5.41, 5.74) is 9.63. The molecule has 4 aromatic rings. The quantitative estimate of drug-likeness (QED) is 0.109. The normalized spacial score (nSPS) is 14.3. The largest absolute Gasteiger partial charge is 0.494 e. The highest BCUT2D eigenvalue weighted by Crippen LogP contribution is 2.37. The predicted molar refractivity (Wildman–Crippen MR) is 201 cm³/mol. The predicted octanol–water partition coefficient (Wildman–Crippen LogP) is 12.8. The summed E-state index contributed by atoms with van der Waals surface area (Å²) in [4.78, 5) is 2.35. The molecule has 0 saturated carbocycles. The summed E-state index contributed by atoms with van der Waals surface area (Å²) in [6.07, 6.45) is 16.3. The standard InChI is InChI=1S/C44H53NO2/c1-5-7-9-11-33-47-44-30-20-39(21-31-44)37-16-26-42(27-17-37)45(40-22-12-35(13-23-40)34(3)4)41-24-14-36(15-25-41)38-18-28-43(29-19-38)46-32-10-8-6-2/h12-28,30-31,34,43H,5-11,29,32-33H2,1-4H3. The van der Waals surface area contributed by atoms with Gasteiger partial charge in [-0.1, -0.05) is 127 Å². The maximum atomic E-state index is 6.06. The molecule has 3 nitrogen and oxygen atoms in total. The fraction of sp³-hybridized carbons (Fsp3) is 0.364. The first kappa shape index (κ1) is 34.3. The molecule has 0 saturated heterocycles. The molecule has 0 aliphatic heterocycles. The number of hydrogen-bond acceptors (Lipinski definition) is 3. The highest BCUT2D eigenvalue weighted by Gasteiger charge is 2.15. The Hall–Kier alpha value is -4.08. The molecule has 0 fully saturated rings. The van der Waals surface area contributed by atoms with E-state index >= 15 is 0 Å². The van der Waals surface area contributed by atoms with E-state index in [9.17, 15) is 0 Å². The van der Waals surface area contributed by atoms with E-state index in [2.05, 4.69) is 148 Å². The Morgan fingerprint density at radius 1 is 0.617 bits per heavy atom. The number of anilines is 3. The summed E-state index contributed by atoms with van der Waals surface area (Å²) in [5.74, 6) is 1.43. The zero-order valence-corrected chi connectivity index (χ0v) is 29.0. The third-order valence-corrected chi connectivity index (χ3v) is 9.00. The molecule has 1 aliphatic rings. The van der Waals surface area contributed by atoms with Gasteiger partial charge in [0.05, 0.1) is 12.7 Å². The minimum atomic E-state index is 0.189. The van der Waals surface area contributed by atoms with Gasteiger partial charge in [-0.2, -0.15) is 0 Å². The van der Waals surface area contributed by atoms with Crippen LogP contribution in [0.15, 0.2) is 115 Å². The average molecular weight is 628 g/mol. The first-order valence-corrected chi connectivity index (χ1v) is 17.9. The van der Waals surface area contributed by atoms with Crippen molar-refractivity contribution in [2.24, 2.45) is 0 Å². The SMILES string of the molecule is CCCCCCOc1ccc(-c2ccc(N(c3ccc(C4=CCC(OCCCCC)C=C4)cc3)c3ccc(C(C)C)cc3)cc2)cc1. The van der Waals surface area contributed by atoms with E-state index in [1.807, 2.05) is 0 Å². The van der Waals surface area contributed by atoms with Crippen molar-refractivity contribution in [2.75, 3.05) is 18.1 Å². The van der Waals surface area contributed by atoms with E-state index in [-0.39, 0.29) is 6.10 Å². The third kappa shape index (κ3) is 9.72. The number of benzene rings is 4. The summed E-state index contributed by atoms with van der Waals surface area (Å²) in [7, 11) is 0. The molecule has 47 heavy (non-hydrogen) atoms. The lowest BCUT2D eigenvalue weighted by Gasteiger charge is -2.26. The lowest BCUT2D eigenvalue weighted by molar-refractivity contribution is 0.0836. The second-order valence-corrected chi connectivity index (χ2v) is 13.0. The zero-order valence-electron chi connectivity index (χ0n) is 29.0. The van der Waals surface area contributed by atoms with E-state index in [1.165, 1.54) is 59.9 Å². The van der Waals surface area contributed by atoms with E-state index in [4.69, 9.17) is 9.47 Å². The Balaban J connectivity index is 1.31. The van der Waals surface area contributed by atoms with Crippen LogP contribution in [0.2, 0.25) is 0 Å². The fourth-order valence-electron chi connectivity index (χ4n) is 6.05. The number of allylic oxidation sites excluding steroid dienone is 2. The van der Waals surface area contributed by atoms with Gasteiger partial charge < -0.3 is 14.4 Å². The van der Waals surface area contributed by atoms with Gasteiger partial charge in [0.25, 0.3) is 0 Å². The molecule has 1 atom stereocenters. The lowest BCUT2D eigenvalue weighted by Crippen LogP contribution is -2.12. The van der Waals surface area contributed by atoms with Crippen LogP contribution in [0.5, 0.6) is 5.75 Å². The van der Waals surface area contributed by atoms with Crippen LogP contribution >= 0.6 is 0 Å². The number of rotatable bonds is 17. The highest BCUT2D eigenvalue weighted by molar-refractivity contribution is 5.81. The van der Waals surface area contributed by atoms with Crippen molar-refractivity contribution in [1.29, 1.82) is 0 Å². The first-order valence-electron chi connectivity index (χ1n) is 17.9. The molecule has 0 spiro atoms. The number of ether oxygens (including phenoxy) is 2. The molecule has 0 aromatic heterocycles. The lowest BCUT2D eigenvalue weighted by atomic mass is 9.97. The monoisotopic (exact) mass is 627 g/mol. The topological polar surface area (TPSA) is 21.7 Å². The summed E-state index contributed by atoms with van der Waals surface area (Å²) >= 11 is 0. The molecule has 4 aromatic carbocycles. The van der Waals surface area contributed by atoms with Gasteiger partial charge in [-0.3, -0.25) is 0 Å². The number of nitrogens with zero attached hydrogens (tertiary/aromatic N) is 1. The van der Waals surface area contributed by atoms with Crippen LogP contribution in [0.25, 0.3) is 16.7 Å². The second-order valence-electron chi connectivity index (χ2n) is 13.0. The van der Waals surface area contributed by atoms with E-state index in [0.29, 0.717) is 5.92 Å². The van der Waals surface area contributed by atoms with Gasteiger partial charge in [0.1, 0.15) is 5.75 Å². The Labute approximate surface area is 284 Å². The Morgan fingerprint density at radius 2 is 1.15 bits per heavy atom. The number of hydrogen-bond donors (Lipinski definition) is 0. The van der Waals surface area contributed by atoms with E-state index in [0.717, 1.165) is 55.3 Å². The van der Waals surface area contributed by atoms with Crippen LogP contribution in [-0.2, 0) is 4.74 Å². The number of unbranched alkanes of at least 4 members (excludes halogenated alkanes) is 5. The van der Waals surface area contributed by atoms with Gasteiger partial charge in [-0.25, -0.2) is 0 Å². The van der Waals surface area contributed by atoms with Crippen LogP contribution in [0.1, 0.15) is 96.1 Å². The first-order chi connectivity index (χ1) is 23.1. The van der Waals surface area contributed by atoms with Gasteiger partial charge in [-0.15, -0.1) is 0 Å². The molecule has 246 valence electrons. The van der Waals surface area contributed by atoms with Crippen molar-refractivity contribution in [3.05, 3.63) is 126 Å². The summed E-state index contributed by atoms with van der Waals surface area (Å²) < 4.78 is 12.0. The molecule has 0 bridgehead atoms. The van der Waals surface area contributed by atoms with Crippen LogP contribution in [-0.4, -0.2) is 19.3 Å². The Bertz CT molecular complexity index is 1550. The highest BCUT2D eigenvalue weighted by atomic mass is 16.5. The minimum absolute atomic E-state index is 0.189. The third-order valence-electron chi connectivity index (χ3n) is 9.00. The average Bonchev–Trinajstić information content (AvgIpc) is 3.12. The second kappa shape index (κ2) is 17.7. The maximum Gasteiger partial charge on any atom is 0.119 e. The maximum absolute atomic E-state index is 6.06. The van der Waals surface area contributed by atoms with Crippen molar-refractivity contribution in [2.45, 2.75) is 91.1 Å². The Morgan fingerprint density at radius 3 is 1.70 bits per heavy atom. The molecule has 3 heteroatoms. The molecule has 1 aliphatic carbocycles. The van der Waals surface area contributed by atoms with Crippen LogP contribution in [0.3, 0.4) is 0 Å². The minimum Gasteiger partial charge on any atom is -0.494 e. The van der Waals surface area contributed by atoms with Crippen molar-refractivity contribution in [3.63, 3.8) is 0 Å². The van der Waals surface area contributed by atoms with Crippen molar-refractivity contribution in [1.82, 2.24) is 0 Å². The molecule has 5 rings (SSSR count). The zero-order chi connectivity index (χ0) is 32.8. The van der Waals surface area contributed by atoms with Crippen LogP contribution < -0.4 is 9.64 Å². The van der Waals surface area contributed by atoms with Crippen molar-refractivity contribution < 1.29 is 9.47 Å². The summed E-state index contributed by atoms with van der Waals surface area (Å²) in [5, 5.41) is 0. The van der Waals surface area contributed by atoms with E-state index in [1.54, 1.807) is 0 Å². The molecular formula is C44H53NO2. The van der Waals surface area contributed by atoms with Gasteiger partial charge in [0.2, 0.25) is 0 Å². The summed E-state index contributed by atoms with van der Waals surface area (Å²) in [6.45, 7) is 10.6. The van der Waals surface area contributed by atoms with Crippen molar-refractivity contribution >= 4 is 22.6 Å². The Kier molecular flexibility index (Phi) is 12.9. The van der Waals surface area contributed by atoms with Crippen LogP contribution in [0.4, 0.5) is 17.1 Å². The summed E-state index contributed by atoms with van der Waals surface area (Å²) in [6, 6.07) is 35.3. The van der Waals surface area contributed by atoms with E-state index < -0.39 is 0 Å². The fourth-order valence-corrected chi connectivity index (χ4v) is 6.05.